The molecule has 0 aliphatic heterocycles. The second kappa shape index (κ2) is 22.0. The number of aliphatic hydroxyl groups excluding tert-OH is 3. The average molecular weight is 827 g/mol. The van der Waals surface area contributed by atoms with E-state index in [2.05, 4.69) is 65.7 Å². The summed E-state index contributed by atoms with van der Waals surface area (Å²) in [5.41, 5.74) is 6.34. The van der Waals surface area contributed by atoms with Gasteiger partial charge in [0.1, 0.15) is 18.0 Å². The number of hydrogen-bond acceptors (Lipinski definition) is 6. The number of allylic oxidation sites excluding steroid dienone is 4. The van der Waals surface area contributed by atoms with Crippen molar-refractivity contribution in [2.24, 2.45) is 29.1 Å². The third-order valence-corrected chi connectivity index (χ3v) is 13.2. The Bertz CT molecular complexity index is 1890. The van der Waals surface area contributed by atoms with E-state index in [1.54, 1.807) is 18.2 Å². The Morgan fingerprint density at radius 1 is 0.949 bits per heavy atom. The summed E-state index contributed by atoms with van der Waals surface area (Å²) in [6.07, 6.45) is 16.9. The number of rotatable bonds is 10. The molecule has 59 heavy (non-hydrogen) atoms. The Morgan fingerprint density at radius 2 is 1.63 bits per heavy atom. The van der Waals surface area contributed by atoms with E-state index in [-0.39, 0.29) is 24.5 Å². The molecule has 3 aromatic rings. The monoisotopic (exact) mass is 825 g/mol. The molecule has 7 nitrogen and oxygen atoms in total. The molecular formula is C51H68ClNO6. The van der Waals surface area contributed by atoms with Crippen molar-refractivity contribution in [3.05, 3.63) is 144 Å². The van der Waals surface area contributed by atoms with Crippen molar-refractivity contribution in [2.45, 2.75) is 103 Å². The molecule has 0 bridgehead atoms. The first-order valence-electron chi connectivity index (χ1n) is 21.4. The van der Waals surface area contributed by atoms with Crippen molar-refractivity contribution in [3.63, 3.8) is 0 Å². The summed E-state index contributed by atoms with van der Waals surface area (Å²) in [6, 6.07) is 26.0. The minimum Gasteiger partial charge on any atom is -1.00 e. The number of aliphatic hydroxyl groups is 3. The van der Waals surface area contributed by atoms with Crippen LogP contribution in [-0.2, 0) is 11.3 Å². The van der Waals surface area contributed by atoms with Crippen LogP contribution in [0.5, 0.6) is 5.75 Å². The molecule has 4 aliphatic rings. The molecule has 3 aromatic carbocycles. The molecule has 4 saturated carbocycles. The second-order valence-electron chi connectivity index (χ2n) is 17.7. The van der Waals surface area contributed by atoms with E-state index in [9.17, 15) is 25.2 Å². The van der Waals surface area contributed by atoms with Gasteiger partial charge in [0.2, 0.25) is 0 Å². The highest BCUT2D eigenvalue weighted by molar-refractivity contribution is 5.89. The zero-order valence-corrected chi connectivity index (χ0v) is 36.6. The SMILES string of the molecule is C=C1/C(=C\C=C2/CCC[C@]3(C)[C@@H]([C@H](C)/C=C/[C@@H](O)C4CC4)CC[C@@H]23)C[C@@H](O)C[C@@H]1O.CC[N+](C)(C)c1cccc(O)c1.O=C(OCc1ccccc1)c1ccccc1.[Cl-]. The zero-order chi connectivity index (χ0) is 41.9. The van der Waals surface area contributed by atoms with Crippen LogP contribution < -0.4 is 16.9 Å². The summed E-state index contributed by atoms with van der Waals surface area (Å²) < 4.78 is 5.98. The molecule has 8 heteroatoms. The van der Waals surface area contributed by atoms with Gasteiger partial charge in [-0.05, 0) is 128 Å². The van der Waals surface area contributed by atoms with E-state index in [1.807, 2.05) is 66.7 Å². The molecule has 0 heterocycles. The van der Waals surface area contributed by atoms with Crippen molar-refractivity contribution in [2.75, 3.05) is 20.6 Å². The first kappa shape index (κ1) is 47.7. The van der Waals surface area contributed by atoms with Gasteiger partial charge in [0.05, 0.1) is 44.5 Å². The number of phenolic OH excluding ortho intramolecular Hbond substituents is 1. The Labute approximate surface area is 359 Å². The third kappa shape index (κ3) is 13.3. The molecule has 0 amide bonds. The minimum atomic E-state index is -0.621. The molecule has 7 rings (SSSR count). The lowest BCUT2D eigenvalue weighted by Gasteiger charge is -2.44. The van der Waals surface area contributed by atoms with Crippen molar-refractivity contribution in [1.82, 2.24) is 4.48 Å². The number of esters is 1. The van der Waals surface area contributed by atoms with Gasteiger partial charge >= 0.3 is 5.97 Å². The molecule has 0 aromatic heterocycles. The van der Waals surface area contributed by atoms with Crippen LogP contribution in [0.2, 0.25) is 0 Å². The molecule has 4 N–H and O–H groups in total. The number of phenols is 1. The van der Waals surface area contributed by atoms with Crippen molar-refractivity contribution < 1.29 is 42.4 Å². The van der Waals surface area contributed by atoms with E-state index in [4.69, 9.17) is 4.74 Å². The van der Waals surface area contributed by atoms with Gasteiger partial charge in [0.15, 0.2) is 0 Å². The zero-order valence-electron chi connectivity index (χ0n) is 35.8. The maximum absolute atomic E-state index is 11.6. The van der Waals surface area contributed by atoms with Crippen LogP contribution in [0.3, 0.4) is 0 Å². The number of halogens is 1. The number of benzene rings is 3. The number of hydrogen-bond donors (Lipinski definition) is 4. The van der Waals surface area contributed by atoms with Gasteiger partial charge in [-0.25, -0.2) is 4.79 Å². The molecule has 0 unspecified atom stereocenters. The number of carbonyl (C=O) groups is 1. The van der Waals surface area contributed by atoms with E-state index in [0.29, 0.717) is 59.8 Å². The van der Waals surface area contributed by atoms with Crippen LogP contribution in [-0.4, -0.2) is 65.3 Å². The molecule has 0 radical (unpaired) electrons. The summed E-state index contributed by atoms with van der Waals surface area (Å²) in [7, 11) is 4.24. The Morgan fingerprint density at radius 3 is 2.27 bits per heavy atom. The molecule has 4 aliphatic carbocycles. The Hall–Kier alpha value is -3.98. The van der Waals surface area contributed by atoms with Gasteiger partial charge in [0.25, 0.3) is 0 Å². The predicted octanol–water partition coefficient (Wildman–Crippen LogP) is 7.12. The first-order chi connectivity index (χ1) is 27.7. The van der Waals surface area contributed by atoms with Crippen LogP contribution in [0.1, 0.15) is 94.5 Å². The highest BCUT2D eigenvalue weighted by Crippen LogP contribution is 2.59. The quantitative estimate of drug-likeness (QED) is 0.0987. The largest absolute Gasteiger partial charge is 1.00 e. The summed E-state index contributed by atoms with van der Waals surface area (Å²) in [4.78, 5) is 11.6. The number of aromatic hydroxyl groups is 1. The summed E-state index contributed by atoms with van der Waals surface area (Å²) in [5.74, 6) is 2.33. The van der Waals surface area contributed by atoms with Crippen LogP contribution in [0, 0.1) is 29.1 Å². The number of fused-ring (bicyclic) bond motifs is 1. The Balaban J connectivity index is 0.000000222. The van der Waals surface area contributed by atoms with E-state index >= 15 is 0 Å². The molecule has 0 saturated heterocycles. The van der Waals surface area contributed by atoms with Crippen LogP contribution in [0.25, 0.3) is 0 Å². The molecular weight excluding hydrogens is 758 g/mol. The number of carbonyl (C=O) groups excluding carboxylic acids is 1. The summed E-state index contributed by atoms with van der Waals surface area (Å²) in [6.45, 7) is 12.3. The van der Waals surface area contributed by atoms with E-state index < -0.39 is 12.2 Å². The van der Waals surface area contributed by atoms with Gasteiger partial charge in [-0.2, -0.15) is 0 Å². The number of quaternary nitrogens is 1. The smallest absolute Gasteiger partial charge is 0.338 e. The van der Waals surface area contributed by atoms with Gasteiger partial charge in [-0.15, -0.1) is 0 Å². The fourth-order valence-corrected chi connectivity index (χ4v) is 9.06. The van der Waals surface area contributed by atoms with Crippen molar-refractivity contribution in [3.8, 4) is 5.75 Å². The molecule has 0 spiro atoms. The Kier molecular flexibility index (Phi) is 17.8. The van der Waals surface area contributed by atoms with E-state index in [1.165, 1.54) is 44.1 Å². The van der Waals surface area contributed by atoms with Crippen LogP contribution >= 0.6 is 0 Å². The fraction of sp³-hybridized carbons (Fsp3) is 0.471. The lowest BCUT2D eigenvalue weighted by Crippen LogP contribution is -3.00. The highest BCUT2D eigenvalue weighted by Gasteiger charge is 2.50. The van der Waals surface area contributed by atoms with E-state index in [0.717, 1.165) is 39.8 Å². The van der Waals surface area contributed by atoms with Gasteiger partial charge in [-0.3, -0.25) is 4.48 Å². The third-order valence-electron chi connectivity index (χ3n) is 13.2. The normalized spacial score (nSPS) is 26.4. The van der Waals surface area contributed by atoms with Gasteiger partial charge in [0, 0.05) is 12.5 Å². The summed E-state index contributed by atoms with van der Waals surface area (Å²) in [5, 5.41) is 39.6. The van der Waals surface area contributed by atoms with Crippen molar-refractivity contribution in [1.29, 1.82) is 0 Å². The lowest BCUT2D eigenvalue weighted by atomic mass is 9.61. The van der Waals surface area contributed by atoms with Crippen molar-refractivity contribution >= 4 is 11.7 Å². The number of nitrogens with zero attached hydrogens (tertiary/aromatic N) is 1. The maximum atomic E-state index is 11.6. The van der Waals surface area contributed by atoms with Crippen LogP contribution in [0.15, 0.2) is 133 Å². The average Bonchev–Trinajstić information content (AvgIpc) is 4.02. The minimum absolute atomic E-state index is 0. The van der Waals surface area contributed by atoms with Gasteiger partial charge < -0.3 is 37.6 Å². The first-order valence-corrected chi connectivity index (χ1v) is 21.4. The maximum Gasteiger partial charge on any atom is 0.338 e. The molecule has 320 valence electrons. The lowest BCUT2D eigenvalue weighted by molar-refractivity contribution is -0.0000402. The molecule has 7 atom stereocenters. The fourth-order valence-electron chi connectivity index (χ4n) is 9.06. The summed E-state index contributed by atoms with van der Waals surface area (Å²) >= 11 is 0. The molecule has 4 fully saturated rings. The standard InChI is InChI=1S/C27H40O3.C14H12O2.C10H15NO.ClH/c1-17(6-13-25(29)20-8-9-20)23-11-12-24-19(5-4-14-27(23,24)3)7-10-21-15-22(28)16-26(30)18(21)2;15-14(13-9-5-2-6-10-13)16-11-12-7-3-1-4-8-12;1-4-11(2,3)9-6-5-7-10(12)8-9;/h6-7,10,13,17,20,22-26,28-30H,2,4-5,8-9,11-12,14-16H2,1,3H3;1-10H,11H2;5-8H,4H2,1-3H3;1H/b13-6+,19-7+,21-10-;;;/t17-,22-,23-,24+,25-,26+,27-;;;/m1.../s1. The topological polar surface area (TPSA) is 107 Å². The number of ether oxygens (including phenoxy) is 1. The van der Waals surface area contributed by atoms with Crippen LogP contribution in [0.4, 0.5) is 5.69 Å². The predicted molar refractivity (Wildman–Crippen MR) is 236 cm³/mol. The van der Waals surface area contributed by atoms with Gasteiger partial charge in [-0.1, -0.05) is 105 Å². The second-order valence-corrected chi connectivity index (χ2v) is 17.7. The highest BCUT2D eigenvalue weighted by atomic mass is 35.5.